The summed E-state index contributed by atoms with van der Waals surface area (Å²) in [7, 11) is 0. The molecule has 0 bridgehead atoms. The lowest BCUT2D eigenvalue weighted by Gasteiger charge is -2.18. The summed E-state index contributed by atoms with van der Waals surface area (Å²) < 4.78 is 12.5. The SMILES string of the molecule is C=Cc1cc(Br)ccc1OC(C=C)OCc1ccccc1. The molecule has 2 rings (SSSR count). The first-order valence-corrected chi connectivity index (χ1v) is 7.39. The van der Waals surface area contributed by atoms with Crippen molar-refractivity contribution in [2.75, 3.05) is 0 Å². The Labute approximate surface area is 133 Å². The topological polar surface area (TPSA) is 18.5 Å². The van der Waals surface area contributed by atoms with E-state index in [9.17, 15) is 0 Å². The van der Waals surface area contributed by atoms with Crippen LogP contribution in [0.3, 0.4) is 0 Å². The Morgan fingerprint density at radius 1 is 1.10 bits per heavy atom. The van der Waals surface area contributed by atoms with Gasteiger partial charge in [0, 0.05) is 10.0 Å². The fraction of sp³-hybridized carbons (Fsp3) is 0.111. The van der Waals surface area contributed by atoms with Crippen molar-refractivity contribution in [3.8, 4) is 5.75 Å². The first-order valence-electron chi connectivity index (χ1n) is 6.59. The molecule has 0 aromatic heterocycles. The maximum Gasteiger partial charge on any atom is 0.219 e. The summed E-state index contributed by atoms with van der Waals surface area (Å²) in [5.74, 6) is 0.714. The van der Waals surface area contributed by atoms with Crippen molar-refractivity contribution >= 4 is 22.0 Å². The van der Waals surface area contributed by atoms with E-state index < -0.39 is 6.29 Å². The average Bonchev–Trinajstić information content (AvgIpc) is 2.53. The molecule has 0 N–H and O–H groups in total. The predicted octanol–water partition coefficient (Wildman–Crippen LogP) is 5.20. The van der Waals surface area contributed by atoms with Crippen LogP contribution < -0.4 is 4.74 Å². The van der Waals surface area contributed by atoms with E-state index in [-0.39, 0.29) is 0 Å². The van der Waals surface area contributed by atoms with Gasteiger partial charge >= 0.3 is 0 Å². The quantitative estimate of drug-likeness (QED) is 0.507. The van der Waals surface area contributed by atoms with Crippen molar-refractivity contribution in [3.63, 3.8) is 0 Å². The first-order chi connectivity index (χ1) is 10.2. The first kappa shape index (κ1) is 15.5. The molecule has 0 aliphatic carbocycles. The number of ether oxygens (including phenoxy) is 2. The van der Waals surface area contributed by atoms with Crippen molar-refractivity contribution in [2.45, 2.75) is 12.9 Å². The van der Waals surface area contributed by atoms with Crippen molar-refractivity contribution in [1.29, 1.82) is 0 Å². The Kier molecular flexibility index (Phi) is 5.78. The van der Waals surface area contributed by atoms with E-state index in [2.05, 4.69) is 29.1 Å². The summed E-state index contributed by atoms with van der Waals surface area (Å²) in [4.78, 5) is 0. The van der Waals surface area contributed by atoms with Gasteiger partial charge in [0.05, 0.1) is 6.61 Å². The van der Waals surface area contributed by atoms with Crippen LogP contribution in [-0.4, -0.2) is 6.29 Å². The van der Waals surface area contributed by atoms with Gasteiger partial charge in [0.15, 0.2) is 0 Å². The monoisotopic (exact) mass is 344 g/mol. The second-order valence-electron chi connectivity index (χ2n) is 4.40. The van der Waals surface area contributed by atoms with E-state index in [0.29, 0.717) is 12.4 Å². The molecule has 1 atom stereocenters. The molecule has 2 nitrogen and oxygen atoms in total. The van der Waals surface area contributed by atoms with Gasteiger partial charge in [-0.15, -0.1) is 0 Å². The van der Waals surface area contributed by atoms with Gasteiger partial charge in [-0.1, -0.05) is 65.5 Å². The molecular weight excluding hydrogens is 328 g/mol. The molecule has 0 aliphatic rings. The summed E-state index contributed by atoms with van der Waals surface area (Å²) in [5, 5.41) is 0. The largest absolute Gasteiger partial charge is 0.461 e. The van der Waals surface area contributed by atoms with Gasteiger partial charge in [0.2, 0.25) is 6.29 Å². The van der Waals surface area contributed by atoms with E-state index >= 15 is 0 Å². The Morgan fingerprint density at radius 3 is 2.52 bits per heavy atom. The van der Waals surface area contributed by atoms with E-state index in [1.165, 1.54) is 0 Å². The van der Waals surface area contributed by atoms with Crippen LogP contribution in [0.15, 0.2) is 72.2 Å². The summed E-state index contributed by atoms with van der Waals surface area (Å²) >= 11 is 3.43. The lowest BCUT2D eigenvalue weighted by molar-refractivity contribution is -0.0554. The highest BCUT2D eigenvalue weighted by atomic mass is 79.9. The fourth-order valence-electron chi connectivity index (χ4n) is 1.81. The maximum atomic E-state index is 5.83. The van der Waals surface area contributed by atoms with E-state index in [1.807, 2.05) is 48.5 Å². The molecule has 108 valence electrons. The third kappa shape index (κ3) is 4.59. The standard InChI is InChI=1S/C18H17BrO2/c1-3-15-12-16(19)10-11-17(15)21-18(4-2)20-13-14-8-6-5-7-9-14/h3-12,18H,1-2,13H2. The van der Waals surface area contributed by atoms with Crippen LogP contribution in [0, 0.1) is 0 Å². The number of hydrogen-bond donors (Lipinski definition) is 0. The summed E-state index contributed by atoms with van der Waals surface area (Å²) in [6, 6.07) is 15.7. The minimum Gasteiger partial charge on any atom is -0.461 e. The zero-order valence-corrected chi connectivity index (χ0v) is 13.3. The van der Waals surface area contributed by atoms with Crippen LogP contribution in [0.2, 0.25) is 0 Å². The molecule has 3 heteroatoms. The molecule has 21 heavy (non-hydrogen) atoms. The number of rotatable bonds is 7. The van der Waals surface area contributed by atoms with Crippen molar-refractivity contribution < 1.29 is 9.47 Å². The number of halogens is 1. The van der Waals surface area contributed by atoms with Gasteiger partial charge in [-0.2, -0.15) is 0 Å². The van der Waals surface area contributed by atoms with E-state index in [0.717, 1.165) is 15.6 Å². The number of benzene rings is 2. The third-order valence-corrected chi connectivity index (χ3v) is 3.38. The van der Waals surface area contributed by atoms with Gasteiger partial charge in [-0.05, 0) is 29.8 Å². The molecule has 0 spiro atoms. The zero-order chi connectivity index (χ0) is 15.1. The van der Waals surface area contributed by atoms with E-state index in [1.54, 1.807) is 12.2 Å². The normalized spacial score (nSPS) is 11.7. The van der Waals surface area contributed by atoms with Crippen molar-refractivity contribution in [3.05, 3.63) is 83.4 Å². The van der Waals surface area contributed by atoms with Crippen LogP contribution >= 0.6 is 15.9 Å². The van der Waals surface area contributed by atoms with Crippen LogP contribution in [-0.2, 0) is 11.3 Å². The molecule has 2 aromatic carbocycles. The van der Waals surface area contributed by atoms with Gasteiger partial charge in [0.1, 0.15) is 5.75 Å². The lowest BCUT2D eigenvalue weighted by Crippen LogP contribution is -2.18. The summed E-state index contributed by atoms with van der Waals surface area (Å²) in [5.41, 5.74) is 1.99. The molecule has 1 unspecified atom stereocenters. The van der Waals surface area contributed by atoms with Gasteiger partial charge in [0.25, 0.3) is 0 Å². The molecule has 2 aromatic rings. The molecule has 0 aliphatic heterocycles. The van der Waals surface area contributed by atoms with Crippen LogP contribution in [0.4, 0.5) is 0 Å². The highest BCUT2D eigenvalue weighted by Crippen LogP contribution is 2.25. The van der Waals surface area contributed by atoms with Crippen molar-refractivity contribution in [1.82, 2.24) is 0 Å². The average molecular weight is 345 g/mol. The maximum absolute atomic E-state index is 5.83. The van der Waals surface area contributed by atoms with Crippen LogP contribution in [0.1, 0.15) is 11.1 Å². The minimum atomic E-state index is -0.509. The van der Waals surface area contributed by atoms with Crippen LogP contribution in [0.5, 0.6) is 5.75 Å². The smallest absolute Gasteiger partial charge is 0.219 e. The highest BCUT2D eigenvalue weighted by Gasteiger charge is 2.09. The molecule has 0 amide bonds. The molecule has 0 radical (unpaired) electrons. The third-order valence-electron chi connectivity index (χ3n) is 2.88. The van der Waals surface area contributed by atoms with Crippen LogP contribution in [0.25, 0.3) is 6.08 Å². The minimum absolute atomic E-state index is 0.470. The molecular formula is C18H17BrO2. The Hall–Kier alpha value is -1.84. The lowest BCUT2D eigenvalue weighted by atomic mass is 10.2. The second kappa shape index (κ2) is 7.81. The summed E-state index contributed by atoms with van der Waals surface area (Å²) in [6.45, 7) is 8.02. The molecule has 0 saturated carbocycles. The molecule has 0 fully saturated rings. The highest BCUT2D eigenvalue weighted by molar-refractivity contribution is 9.10. The van der Waals surface area contributed by atoms with Gasteiger partial charge in [-0.25, -0.2) is 0 Å². The zero-order valence-electron chi connectivity index (χ0n) is 11.7. The predicted molar refractivity (Wildman–Crippen MR) is 90.1 cm³/mol. The van der Waals surface area contributed by atoms with Crippen molar-refractivity contribution in [2.24, 2.45) is 0 Å². The summed E-state index contributed by atoms with van der Waals surface area (Å²) in [6.07, 6.45) is 2.88. The Balaban J connectivity index is 2.02. The Morgan fingerprint density at radius 2 is 1.86 bits per heavy atom. The van der Waals surface area contributed by atoms with Gasteiger partial charge < -0.3 is 9.47 Å². The fourth-order valence-corrected chi connectivity index (χ4v) is 2.19. The van der Waals surface area contributed by atoms with Gasteiger partial charge in [-0.3, -0.25) is 0 Å². The Bertz CT molecular complexity index is 608. The second-order valence-corrected chi connectivity index (χ2v) is 5.32. The molecule has 0 heterocycles. The van der Waals surface area contributed by atoms with E-state index in [4.69, 9.17) is 9.47 Å². The number of hydrogen-bond acceptors (Lipinski definition) is 2. The molecule has 0 saturated heterocycles.